The molecule has 0 aliphatic rings. The number of aryl methyl sites for hydroxylation is 1. The lowest BCUT2D eigenvalue weighted by atomic mass is 10.1. The number of para-hydroxylation sites is 1. The molecule has 4 rings (SSSR count). The van der Waals surface area contributed by atoms with Gasteiger partial charge in [-0.2, -0.15) is 5.10 Å². The Morgan fingerprint density at radius 2 is 1.77 bits per heavy atom. The summed E-state index contributed by atoms with van der Waals surface area (Å²) in [5, 5.41) is 12.3. The molecule has 2 aromatic heterocycles. The number of nitrogens with one attached hydrogen (secondary N) is 2. The molecule has 7 heteroatoms. The van der Waals surface area contributed by atoms with Crippen LogP contribution in [0.4, 0.5) is 5.69 Å². The summed E-state index contributed by atoms with van der Waals surface area (Å²) in [5.41, 5.74) is 4.89. The highest BCUT2D eigenvalue weighted by atomic mass is 32.1. The van der Waals surface area contributed by atoms with E-state index in [0.29, 0.717) is 22.7 Å². The van der Waals surface area contributed by atoms with Crippen LogP contribution in [0.15, 0.2) is 72.1 Å². The topological polar surface area (TPSA) is 76.0 Å². The molecule has 0 atom stereocenters. The van der Waals surface area contributed by atoms with Crippen LogP contribution < -0.4 is 10.6 Å². The SMILES string of the molecule is Cc1nn(-c2ccccc2)c(C)c1CNC(=O)c1cccc(NC(=O)c2cccs2)c1. The Kier molecular flexibility index (Phi) is 5.95. The fraction of sp³-hybridized carbons (Fsp3) is 0.125. The predicted octanol–water partition coefficient (Wildman–Crippen LogP) is 4.73. The first-order valence-corrected chi connectivity index (χ1v) is 10.7. The Morgan fingerprint density at radius 3 is 2.52 bits per heavy atom. The van der Waals surface area contributed by atoms with E-state index in [1.807, 2.05) is 60.3 Å². The number of hydrogen-bond acceptors (Lipinski definition) is 4. The van der Waals surface area contributed by atoms with Gasteiger partial charge >= 0.3 is 0 Å². The second kappa shape index (κ2) is 8.97. The minimum atomic E-state index is -0.210. The van der Waals surface area contributed by atoms with Gasteiger partial charge in [0, 0.05) is 29.1 Å². The number of anilines is 1. The zero-order valence-electron chi connectivity index (χ0n) is 17.3. The van der Waals surface area contributed by atoms with Gasteiger partial charge in [-0.3, -0.25) is 9.59 Å². The van der Waals surface area contributed by atoms with Crippen LogP contribution in [0.5, 0.6) is 0 Å². The quantitative estimate of drug-likeness (QED) is 0.464. The number of nitrogens with zero attached hydrogens (tertiary/aromatic N) is 2. The van der Waals surface area contributed by atoms with Gasteiger partial charge in [-0.15, -0.1) is 11.3 Å². The lowest BCUT2D eigenvalue weighted by molar-refractivity contribution is 0.0949. The molecular formula is C24H22N4O2S. The zero-order valence-corrected chi connectivity index (χ0v) is 18.1. The highest BCUT2D eigenvalue weighted by Gasteiger charge is 2.15. The smallest absolute Gasteiger partial charge is 0.265 e. The van der Waals surface area contributed by atoms with Gasteiger partial charge in [0.25, 0.3) is 11.8 Å². The molecule has 2 amide bonds. The van der Waals surface area contributed by atoms with Crippen LogP contribution in [0.2, 0.25) is 0 Å². The van der Waals surface area contributed by atoms with E-state index in [4.69, 9.17) is 0 Å². The Balaban J connectivity index is 1.45. The lowest BCUT2D eigenvalue weighted by Crippen LogP contribution is -2.23. The average molecular weight is 431 g/mol. The van der Waals surface area contributed by atoms with E-state index < -0.39 is 0 Å². The zero-order chi connectivity index (χ0) is 21.8. The number of amides is 2. The van der Waals surface area contributed by atoms with E-state index in [1.165, 1.54) is 11.3 Å². The van der Waals surface area contributed by atoms with Gasteiger partial charge in [0.1, 0.15) is 0 Å². The summed E-state index contributed by atoms with van der Waals surface area (Å²) in [6.45, 7) is 4.30. The normalized spacial score (nSPS) is 10.6. The first-order chi connectivity index (χ1) is 15.0. The van der Waals surface area contributed by atoms with Crippen LogP contribution in [-0.2, 0) is 6.54 Å². The van der Waals surface area contributed by atoms with Crippen molar-refractivity contribution in [3.63, 3.8) is 0 Å². The van der Waals surface area contributed by atoms with E-state index in [-0.39, 0.29) is 11.8 Å². The van der Waals surface area contributed by atoms with Gasteiger partial charge < -0.3 is 10.6 Å². The molecule has 2 heterocycles. The van der Waals surface area contributed by atoms with E-state index in [2.05, 4.69) is 15.7 Å². The van der Waals surface area contributed by atoms with Crippen molar-refractivity contribution in [3.8, 4) is 5.69 Å². The van der Waals surface area contributed by atoms with Crippen LogP contribution in [0.1, 0.15) is 37.0 Å². The summed E-state index contributed by atoms with van der Waals surface area (Å²) in [7, 11) is 0. The standard InChI is InChI=1S/C24H22N4O2S/c1-16-21(17(2)28(27-16)20-10-4-3-5-11-20)15-25-23(29)18-8-6-9-19(14-18)26-24(30)22-12-7-13-31-22/h3-14H,15H2,1-2H3,(H,25,29)(H,26,30). The minimum absolute atomic E-state index is 0.188. The number of aromatic nitrogens is 2. The molecule has 31 heavy (non-hydrogen) atoms. The Morgan fingerprint density at radius 1 is 0.968 bits per heavy atom. The fourth-order valence-corrected chi connectivity index (χ4v) is 3.98. The summed E-state index contributed by atoms with van der Waals surface area (Å²) < 4.78 is 1.89. The third-order valence-electron chi connectivity index (χ3n) is 5.00. The van der Waals surface area contributed by atoms with Gasteiger partial charge in [-0.05, 0) is 55.6 Å². The number of carbonyl (C=O) groups excluding carboxylic acids is 2. The van der Waals surface area contributed by atoms with Crippen molar-refractivity contribution in [1.29, 1.82) is 0 Å². The molecule has 2 aromatic carbocycles. The predicted molar refractivity (Wildman–Crippen MR) is 123 cm³/mol. The Bertz CT molecular complexity index is 1210. The first-order valence-electron chi connectivity index (χ1n) is 9.86. The number of carbonyl (C=O) groups is 2. The maximum absolute atomic E-state index is 12.7. The molecule has 0 unspecified atom stereocenters. The third kappa shape index (κ3) is 4.57. The first kappa shape index (κ1) is 20.6. The molecule has 0 spiro atoms. The highest BCUT2D eigenvalue weighted by Crippen LogP contribution is 2.19. The summed E-state index contributed by atoms with van der Waals surface area (Å²) in [5.74, 6) is -0.398. The van der Waals surface area contributed by atoms with Gasteiger partial charge in [0.15, 0.2) is 0 Å². The van der Waals surface area contributed by atoms with Crippen LogP contribution in [0.25, 0.3) is 5.69 Å². The molecular weight excluding hydrogens is 408 g/mol. The largest absolute Gasteiger partial charge is 0.348 e. The Labute approximate surface area is 184 Å². The Hall–Kier alpha value is -3.71. The molecule has 0 aliphatic carbocycles. The van der Waals surface area contributed by atoms with Gasteiger partial charge in [-0.1, -0.05) is 30.3 Å². The maximum atomic E-state index is 12.7. The summed E-state index contributed by atoms with van der Waals surface area (Å²) in [6, 6.07) is 20.4. The molecule has 0 bridgehead atoms. The van der Waals surface area contributed by atoms with Gasteiger partial charge in [0.05, 0.1) is 16.3 Å². The molecule has 0 aliphatic heterocycles. The molecule has 4 aromatic rings. The highest BCUT2D eigenvalue weighted by molar-refractivity contribution is 7.12. The van der Waals surface area contributed by atoms with Crippen molar-refractivity contribution in [1.82, 2.24) is 15.1 Å². The minimum Gasteiger partial charge on any atom is -0.348 e. The summed E-state index contributed by atoms with van der Waals surface area (Å²) in [4.78, 5) is 25.6. The monoisotopic (exact) mass is 430 g/mol. The second-order valence-electron chi connectivity index (χ2n) is 7.09. The molecule has 0 fully saturated rings. The molecule has 156 valence electrons. The fourth-order valence-electron chi connectivity index (χ4n) is 3.36. The molecule has 2 N–H and O–H groups in total. The van der Waals surface area contributed by atoms with Crippen LogP contribution >= 0.6 is 11.3 Å². The number of rotatable bonds is 6. The van der Waals surface area contributed by atoms with E-state index in [0.717, 1.165) is 22.6 Å². The van der Waals surface area contributed by atoms with Crippen molar-refractivity contribution in [2.45, 2.75) is 20.4 Å². The van der Waals surface area contributed by atoms with Gasteiger partial charge in [0.2, 0.25) is 0 Å². The molecule has 0 saturated heterocycles. The second-order valence-corrected chi connectivity index (χ2v) is 8.04. The van der Waals surface area contributed by atoms with E-state index >= 15 is 0 Å². The van der Waals surface area contributed by atoms with Crippen molar-refractivity contribution in [3.05, 3.63) is 99.5 Å². The molecule has 0 saturated carbocycles. The van der Waals surface area contributed by atoms with Crippen LogP contribution in [0.3, 0.4) is 0 Å². The maximum Gasteiger partial charge on any atom is 0.265 e. The number of thiophene rings is 1. The van der Waals surface area contributed by atoms with Crippen molar-refractivity contribution >= 4 is 28.8 Å². The van der Waals surface area contributed by atoms with Crippen LogP contribution in [-0.4, -0.2) is 21.6 Å². The van der Waals surface area contributed by atoms with E-state index in [9.17, 15) is 9.59 Å². The molecule has 0 radical (unpaired) electrons. The average Bonchev–Trinajstić information content (AvgIpc) is 3.42. The van der Waals surface area contributed by atoms with Crippen molar-refractivity contribution in [2.24, 2.45) is 0 Å². The summed E-state index contributed by atoms with van der Waals surface area (Å²) in [6.07, 6.45) is 0. The number of benzene rings is 2. The van der Waals surface area contributed by atoms with Gasteiger partial charge in [-0.25, -0.2) is 4.68 Å². The number of hydrogen-bond donors (Lipinski definition) is 2. The molecule has 6 nitrogen and oxygen atoms in total. The lowest BCUT2D eigenvalue weighted by Gasteiger charge is -2.09. The third-order valence-corrected chi connectivity index (χ3v) is 5.86. The summed E-state index contributed by atoms with van der Waals surface area (Å²) >= 11 is 1.37. The van der Waals surface area contributed by atoms with Crippen molar-refractivity contribution in [2.75, 3.05) is 5.32 Å². The van der Waals surface area contributed by atoms with E-state index in [1.54, 1.807) is 30.3 Å². The van der Waals surface area contributed by atoms with Crippen molar-refractivity contribution < 1.29 is 9.59 Å². The van der Waals surface area contributed by atoms with Crippen LogP contribution in [0, 0.1) is 13.8 Å².